The van der Waals surface area contributed by atoms with Gasteiger partial charge in [-0.25, -0.2) is 9.97 Å². The van der Waals surface area contributed by atoms with Gasteiger partial charge in [0.05, 0.1) is 0 Å². The van der Waals surface area contributed by atoms with Gasteiger partial charge < -0.3 is 10.0 Å². The van der Waals surface area contributed by atoms with Crippen molar-refractivity contribution in [3.05, 3.63) is 96.5 Å². The van der Waals surface area contributed by atoms with Gasteiger partial charge in [-0.1, -0.05) is 58.5 Å². The Morgan fingerprint density at radius 1 is 0.625 bits per heavy atom. The summed E-state index contributed by atoms with van der Waals surface area (Å²) in [6.45, 7) is 0. The van der Waals surface area contributed by atoms with Crippen LogP contribution >= 0.6 is 69.0 Å². The normalized spacial score (nSPS) is 11.1. The largest absolute Gasteiger partial charge is 0.490 e. The van der Waals surface area contributed by atoms with Crippen LogP contribution in [-0.4, -0.2) is 37.1 Å². The van der Waals surface area contributed by atoms with E-state index in [1.54, 1.807) is 12.1 Å². The number of alkyl halides is 6. The van der Waals surface area contributed by atoms with Gasteiger partial charge in [0.25, 0.3) is 0 Å². The molecule has 0 saturated carbocycles. The Balaban J connectivity index is 0.000000224. The second-order valence-corrected chi connectivity index (χ2v) is 10.0. The molecule has 4 aromatic rings. The van der Waals surface area contributed by atoms with E-state index in [1.165, 1.54) is 18.2 Å². The second-order valence-electron chi connectivity index (χ2n) is 7.21. The van der Waals surface area contributed by atoms with Crippen molar-refractivity contribution in [3.8, 4) is 11.1 Å². The molecule has 0 amide bonds. The Bertz CT molecular complexity index is 1350. The summed E-state index contributed by atoms with van der Waals surface area (Å²) >= 11 is 24.6. The van der Waals surface area contributed by atoms with Gasteiger partial charge in [-0.3, -0.25) is 9.97 Å². The minimum atomic E-state index is -4.50. The van der Waals surface area contributed by atoms with Gasteiger partial charge in [-0.05, 0) is 64.6 Å². The van der Waals surface area contributed by atoms with Gasteiger partial charge >= 0.3 is 19.5 Å². The highest BCUT2D eigenvalue weighted by Gasteiger charge is 2.33. The minimum absolute atomic E-state index is 0.0759. The van der Waals surface area contributed by atoms with E-state index in [1.807, 2.05) is 0 Å². The molecule has 212 valence electrons. The van der Waals surface area contributed by atoms with Gasteiger partial charge in [0.2, 0.25) is 0 Å². The second kappa shape index (κ2) is 14.8. The summed E-state index contributed by atoms with van der Waals surface area (Å²) in [6, 6.07) is 10.3. The molecular formula is C22H12BCl4F6IN4O2. The maximum atomic E-state index is 12.3. The highest BCUT2D eigenvalue weighted by atomic mass is 127. The lowest BCUT2D eigenvalue weighted by Crippen LogP contribution is -2.30. The van der Waals surface area contributed by atoms with E-state index in [4.69, 9.17) is 56.5 Å². The number of halogens is 11. The summed E-state index contributed by atoms with van der Waals surface area (Å²) in [5.41, 5.74) is -1.04. The Morgan fingerprint density at radius 3 is 1.38 bits per heavy atom. The van der Waals surface area contributed by atoms with E-state index in [2.05, 4.69) is 42.5 Å². The van der Waals surface area contributed by atoms with Crippen molar-refractivity contribution in [1.29, 1.82) is 0 Å². The summed E-state index contributed by atoms with van der Waals surface area (Å²) in [5.74, 6) is 0. The average Bonchev–Trinajstić information content (AvgIpc) is 2.82. The van der Waals surface area contributed by atoms with Crippen molar-refractivity contribution in [2.45, 2.75) is 12.4 Å². The van der Waals surface area contributed by atoms with Gasteiger partial charge in [-0.15, -0.1) is 0 Å². The zero-order valence-electron chi connectivity index (χ0n) is 19.2. The van der Waals surface area contributed by atoms with Crippen LogP contribution in [0.2, 0.25) is 20.6 Å². The van der Waals surface area contributed by atoms with E-state index >= 15 is 0 Å². The molecule has 0 unspecified atom stereocenters. The van der Waals surface area contributed by atoms with E-state index in [0.29, 0.717) is 27.5 Å². The molecule has 4 rings (SSSR count). The quantitative estimate of drug-likeness (QED) is 0.0971. The third-order valence-corrected chi connectivity index (χ3v) is 5.65. The van der Waals surface area contributed by atoms with Crippen LogP contribution in [0.3, 0.4) is 0 Å². The molecule has 0 aromatic carbocycles. The van der Waals surface area contributed by atoms with Crippen LogP contribution in [0.25, 0.3) is 11.1 Å². The van der Waals surface area contributed by atoms with Crippen molar-refractivity contribution in [2.24, 2.45) is 0 Å². The number of aromatic nitrogens is 4. The first kappa shape index (κ1) is 34.3. The molecule has 0 spiro atoms. The molecule has 0 saturated heterocycles. The van der Waals surface area contributed by atoms with Gasteiger partial charge in [0.1, 0.15) is 32.0 Å². The summed E-state index contributed by atoms with van der Waals surface area (Å²) in [6.07, 6.45) is -7.07. The standard InChI is InChI=1S/C11H5Cl2F3N2.C6H5BF3NO2.C5H2Cl2IN/c12-9-3-7(4-10(13)18-9)6-1-2-8(17-5-6)11(14,15)16;8-6(9,10)5-2-1-4(3-11-5)7(12)13;6-4-1-3(8)2-5(7)9-4/h1-5H;1-3,12-13H;1-2H. The number of pyridine rings is 4. The molecule has 0 atom stereocenters. The summed E-state index contributed by atoms with van der Waals surface area (Å²) in [4.78, 5) is 13.9. The fraction of sp³-hybridized carbons (Fsp3) is 0.0909. The molecule has 40 heavy (non-hydrogen) atoms. The molecule has 0 aliphatic carbocycles. The van der Waals surface area contributed by atoms with E-state index in [0.717, 1.165) is 28.1 Å². The first-order valence-corrected chi connectivity index (χ1v) is 12.8. The molecule has 18 heteroatoms. The van der Waals surface area contributed by atoms with Crippen LogP contribution in [-0.2, 0) is 12.4 Å². The van der Waals surface area contributed by atoms with Gasteiger partial charge in [0, 0.05) is 27.0 Å². The van der Waals surface area contributed by atoms with E-state index in [9.17, 15) is 26.3 Å². The first-order chi connectivity index (χ1) is 18.5. The van der Waals surface area contributed by atoms with Crippen molar-refractivity contribution < 1.29 is 36.4 Å². The highest BCUT2D eigenvalue weighted by Crippen LogP contribution is 2.30. The molecule has 2 N–H and O–H groups in total. The minimum Gasteiger partial charge on any atom is -0.423 e. The van der Waals surface area contributed by atoms with Crippen LogP contribution in [0.5, 0.6) is 0 Å². The summed E-state index contributed by atoms with van der Waals surface area (Å²) in [5, 5.41) is 18.3. The fourth-order valence-electron chi connectivity index (χ4n) is 2.53. The molecule has 0 radical (unpaired) electrons. The molecule has 0 bridgehead atoms. The summed E-state index contributed by atoms with van der Waals surface area (Å²) < 4.78 is 73.8. The van der Waals surface area contributed by atoms with Crippen LogP contribution < -0.4 is 5.46 Å². The third-order valence-electron chi connectivity index (χ3n) is 4.25. The Labute approximate surface area is 256 Å². The lowest BCUT2D eigenvalue weighted by molar-refractivity contribution is -0.141. The Morgan fingerprint density at radius 2 is 1.05 bits per heavy atom. The molecule has 0 aliphatic heterocycles. The Kier molecular flexibility index (Phi) is 12.7. The number of nitrogens with zero attached hydrogens (tertiary/aromatic N) is 4. The predicted molar refractivity (Wildman–Crippen MR) is 149 cm³/mol. The SMILES string of the molecule is Clc1cc(I)cc(Cl)n1.FC(F)(F)c1ccc(-c2cc(Cl)nc(Cl)c2)cn1.OB(O)c1ccc(C(F)(F)F)nc1. The van der Waals surface area contributed by atoms with Crippen molar-refractivity contribution in [2.75, 3.05) is 0 Å². The molecule has 4 heterocycles. The van der Waals surface area contributed by atoms with Gasteiger partial charge in [-0.2, -0.15) is 26.3 Å². The van der Waals surface area contributed by atoms with Crippen molar-refractivity contribution >= 4 is 81.6 Å². The highest BCUT2D eigenvalue weighted by molar-refractivity contribution is 14.1. The topological polar surface area (TPSA) is 92.0 Å². The van der Waals surface area contributed by atoms with E-state index < -0.39 is 30.9 Å². The van der Waals surface area contributed by atoms with E-state index in [-0.39, 0.29) is 15.8 Å². The van der Waals surface area contributed by atoms with Crippen molar-refractivity contribution in [1.82, 2.24) is 19.9 Å². The number of hydrogen-bond acceptors (Lipinski definition) is 6. The zero-order chi connectivity index (χ0) is 30.3. The third kappa shape index (κ3) is 11.5. The van der Waals surface area contributed by atoms with Crippen LogP contribution in [0.1, 0.15) is 11.4 Å². The lowest BCUT2D eigenvalue weighted by Gasteiger charge is -2.07. The fourth-order valence-corrected chi connectivity index (χ4v) is 4.40. The zero-order valence-corrected chi connectivity index (χ0v) is 24.4. The smallest absolute Gasteiger partial charge is 0.423 e. The lowest BCUT2D eigenvalue weighted by atomic mass is 9.82. The number of rotatable bonds is 2. The Hall–Kier alpha value is -1.95. The van der Waals surface area contributed by atoms with Crippen LogP contribution in [0.4, 0.5) is 26.3 Å². The molecule has 0 aliphatic rings. The maximum absolute atomic E-state index is 12.3. The average molecular weight is 758 g/mol. The summed E-state index contributed by atoms with van der Waals surface area (Å²) in [7, 11) is -1.80. The maximum Gasteiger partial charge on any atom is 0.490 e. The molecule has 6 nitrogen and oxygen atoms in total. The molecule has 4 aromatic heterocycles. The van der Waals surface area contributed by atoms with Crippen LogP contribution in [0, 0.1) is 3.57 Å². The number of hydrogen-bond donors (Lipinski definition) is 2. The molecular weight excluding hydrogens is 746 g/mol. The molecule has 0 fully saturated rings. The van der Waals surface area contributed by atoms with Crippen LogP contribution in [0.15, 0.2) is 60.9 Å². The first-order valence-electron chi connectivity index (χ1n) is 10.2. The predicted octanol–water partition coefficient (Wildman–Crippen LogP) is 7.24. The van der Waals surface area contributed by atoms with Crippen molar-refractivity contribution in [3.63, 3.8) is 0 Å². The monoisotopic (exact) mass is 756 g/mol. The van der Waals surface area contributed by atoms with Gasteiger partial charge in [0.15, 0.2) is 0 Å².